The first-order chi connectivity index (χ1) is 7.14. The Morgan fingerprint density at radius 2 is 1.12 bits per heavy atom. The molecule has 1 aliphatic heterocycles. The van der Waals surface area contributed by atoms with E-state index in [1.807, 2.05) is 24.3 Å². The van der Waals surface area contributed by atoms with Crippen molar-refractivity contribution in [2.24, 2.45) is 10.8 Å². The first-order valence-electron chi connectivity index (χ1n) is 5.65. The summed E-state index contributed by atoms with van der Waals surface area (Å²) in [5, 5.41) is 0. The van der Waals surface area contributed by atoms with Gasteiger partial charge in [0.2, 0.25) is 0 Å². The van der Waals surface area contributed by atoms with Crippen molar-refractivity contribution in [3.05, 3.63) is 34.1 Å². The smallest absolute Gasteiger partial charge is 0.0777 e. The zero-order chi connectivity index (χ0) is 12.6. The quantitative estimate of drug-likeness (QED) is 0.619. The average molecular weight is 238 g/mol. The molecule has 0 atom stereocenters. The summed E-state index contributed by atoms with van der Waals surface area (Å²) in [5.74, 6) is 0. The van der Waals surface area contributed by atoms with E-state index in [1.165, 1.54) is 0 Å². The molecule has 1 nitrogen and oxygen atoms in total. The lowest BCUT2D eigenvalue weighted by Gasteiger charge is -2.27. The van der Waals surface area contributed by atoms with E-state index in [1.54, 1.807) is 0 Å². The summed E-state index contributed by atoms with van der Waals surface area (Å²) in [6, 6.07) is 0. The van der Waals surface area contributed by atoms with E-state index in [0.29, 0.717) is 0 Å². The molecule has 1 aliphatic rings. The SMILES string of the molecule is CC(C)(C)C1=CC=CC=C(C(C)(C)C)S1=O. The third-order valence-corrected chi connectivity index (χ3v) is 4.78. The molecule has 0 aromatic rings. The Kier molecular flexibility index (Phi) is 3.63. The molecule has 0 amide bonds. The van der Waals surface area contributed by atoms with Gasteiger partial charge < -0.3 is 0 Å². The lowest BCUT2D eigenvalue weighted by molar-refractivity contribution is 0.514. The van der Waals surface area contributed by atoms with Crippen molar-refractivity contribution in [1.29, 1.82) is 0 Å². The average Bonchev–Trinajstić information content (AvgIpc) is 2.23. The summed E-state index contributed by atoms with van der Waals surface area (Å²) in [4.78, 5) is 2.00. The predicted molar refractivity (Wildman–Crippen MR) is 72.4 cm³/mol. The van der Waals surface area contributed by atoms with Crippen molar-refractivity contribution in [3.63, 3.8) is 0 Å². The van der Waals surface area contributed by atoms with Crippen LogP contribution in [0.5, 0.6) is 0 Å². The first-order valence-corrected chi connectivity index (χ1v) is 6.80. The first kappa shape index (κ1) is 13.4. The summed E-state index contributed by atoms with van der Waals surface area (Å²) in [7, 11) is -1.01. The zero-order valence-electron chi connectivity index (χ0n) is 11.1. The fraction of sp³-hybridized carbons (Fsp3) is 0.571. The van der Waals surface area contributed by atoms with Crippen LogP contribution in [0.4, 0.5) is 0 Å². The molecule has 0 unspecified atom stereocenters. The Bertz CT molecular complexity index is 348. The highest BCUT2D eigenvalue weighted by Gasteiger charge is 2.30. The van der Waals surface area contributed by atoms with Gasteiger partial charge in [0.1, 0.15) is 0 Å². The van der Waals surface area contributed by atoms with Crippen LogP contribution in [-0.4, -0.2) is 4.21 Å². The maximum absolute atomic E-state index is 12.6. The van der Waals surface area contributed by atoms with Gasteiger partial charge in [0.25, 0.3) is 0 Å². The molecule has 1 rings (SSSR count). The van der Waals surface area contributed by atoms with Crippen LogP contribution < -0.4 is 0 Å². The van der Waals surface area contributed by atoms with E-state index in [0.717, 1.165) is 9.81 Å². The van der Waals surface area contributed by atoms with Gasteiger partial charge in [-0.3, -0.25) is 0 Å². The summed E-state index contributed by atoms with van der Waals surface area (Å²) < 4.78 is 12.6. The molecule has 0 bridgehead atoms. The van der Waals surface area contributed by atoms with Crippen LogP contribution >= 0.6 is 0 Å². The molecule has 16 heavy (non-hydrogen) atoms. The van der Waals surface area contributed by atoms with Crippen molar-refractivity contribution < 1.29 is 4.21 Å². The molecular formula is C14H22OS. The van der Waals surface area contributed by atoms with Crippen LogP contribution in [0.25, 0.3) is 0 Å². The van der Waals surface area contributed by atoms with E-state index in [9.17, 15) is 4.21 Å². The molecule has 0 fully saturated rings. The van der Waals surface area contributed by atoms with Crippen LogP contribution in [-0.2, 0) is 10.8 Å². The standard InChI is InChI=1S/C14H22OS/c1-13(2,3)11-9-7-8-10-12(16(11)15)14(4,5)6/h7-10H,1-6H3. The molecular weight excluding hydrogens is 216 g/mol. The highest BCUT2D eigenvalue weighted by Crippen LogP contribution is 2.38. The lowest BCUT2D eigenvalue weighted by atomic mass is 9.96. The van der Waals surface area contributed by atoms with Crippen molar-refractivity contribution in [2.75, 3.05) is 0 Å². The molecule has 0 radical (unpaired) electrons. The van der Waals surface area contributed by atoms with Crippen molar-refractivity contribution in [1.82, 2.24) is 0 Å². The molecule has 2 heteroatoms. The van der Waals surface area contributed by atoms with Crippen LogP contribution in [0.15, 0.2) is 34.1 Å². The van der Waals surface area contributed by atoms with Gasteiger partial charge in [-0.1, -0.05) is 53.7 Å². The molecule has 1 heterocycles. The molecule has 0 aliphatic carbocycles. The van der Waals surface area contributed by atoms with Crippen molar-refractivity contribution >= 4 is 10.8 Å². The highest BCUT2D eigenvalue weighted by molar-refractivity contribution is 7.93. The number of hydrogen-bond donors (Lipinski definition) is 0. The second kappa shape index (κ2) is 4.33. The molecule has 0 saturated carbocycles. The van der Waals surface area contributed by atoms with Crippen LogP contribution in [0.3, 0.4) is 0 Å². The topological polar surface area (TPSA) is 17.1 Å². The van der Waals surface area contributed by atoms with Crippen LogP contribution in [0.1, 0.15) is 41.5 Å². The van der Waals surface area contributed by atoms with Gasteiger partial charge in [-0.2, -0.15) is 0 Å². The molecule has 0 N–H and O–H groups in total. The monoisotopic (exact) mass is 238 g/mol. The second-order valence-corrected chi connectivity index (χ2v) is 7.63. The Hall–Kier alpha value is -0.630. The largest absolute Gasteiger partial charge is 0.250 e. The lowest BCUT2D eigenvalue weighted by Crippen LogP contribution is -2.20. The third kappa shape index (κ3) is 2.94. The molecule has 0 aromatic carbocycles. The number of hydrogen-bond acceptors (Lipinski definition) is 1. The van der Waals surface area contributed by atoms with Gasteiger partial charge >= 0.3 is 0 Å². The number of rotatable bonds is 0. The minimum Gasteiger partial charge on any atom is -0.250 e. The minimum absolute atomic E-state index is 0.0517. The van der Waals surface area contributed by atoms with Gasteiger partial charge in [-0.05, 0) is 23.0 Å². The molecule has 0 saturated heterocycles. The van der Waals surface area contributed by atoms with Gasteiger partial charge in [0, 0.05) is 9.81 Å². The molecule has 90 valence electrons. The van der Waals surface area contributed by atoms with Crippen molar-refractivity contribution in [3.8, 4) is 0 Å². The third-order valence-electron chi connectivity index (χ3n) is 2.48. The van der Waals surface area contributed by atoms with Crippen LogP contribution in [0.2, 0.25) is 0 Å². The van der Waals surface area contributed by atoms with E-state index in [4.69, 9.17) is 0 Å². The summed E-state index contributed by atoms with van der Waals surface area (Å²) in [5.41, 5.74) is -0.103. The summed E-state index contributed by atoms with van der Waals surface area (Å²) in [6.45, 7) is 12.6. The van der Waals surface area contributed by atoms with E-state index < -0.39 is 10.8 Å². The molecule has 0 aromatic heterocycles. The van der Waals surface area contributed by atoms with Gasteiger partial charge in [0.15, 0.2) is 0 Å². The van der Waals surface area contributed by atoms with E-state index in [-0.39, 0.29) is 10.8 Å². The zero-order valence-corrected chi connectivity index (χ0v) is 11.9. The maximum atomic E-state index is 12.6. The van der Waals surface area contributed by atoms with Gasteiger partial charge in [0.05, 0.1) is 10.8 Å². The maximum Gasteiger partial charge on any atom is 0.0777 e. The van der Waals surface area contributed by atoms with Crippen LogP contribution in [0, 0.1) is 10.8 Å². The number of allylic oxidation sites excluding steroid dienone is 6. The van der Waals surface area contributed by atoms with Gasteiger partial charge in [-0.25, -0.2) is 4.21 Å². The van der Waals surface area contributed by atoms with E-state index >= 15 is 0 Å². The minimum atomic E-state index is -1.01. The summed E-state index contributed by atoms with van der Waals surface area (Å²) in [6.07, 6.45) is 7.95. The summed E-state index contributed by atoms with van der Waals surface area (Å²) >= 11 is 0. The Labute approximate surface area is 102 Å². The normalized spacial score (nSPS) is 19.1. The Morgan fingerprint density at radius 1 is 0.812 bits per heavy atom. The second-order valence-electron chi connectivity index (χ2n) is 6.22. The fourth-order valence-electron chi connectivity index (χ4n) is 1.58. The predicted octanol–water partition coefficient (Wildman–Crippen LogP) is 4.16. The molecule has 0 spiro atoms. The fourth-order valence-corrected chi connectivity index (χ4v) is 3.34. The Balaban J connectivity index is 3.23. The Morgan fingerprint density at radius 3 is 1.38 bits per heavy atom. The van der Waals surface area contributed by atoms with Crippen molar-refractivity contribution in [2.45, 2.75) is 41.5 Å². The highest BCUT2D eigenvalue weighted by atomic mass is 32.2. The van der Waals surface area contributed by atoms with Gasteiger partial charge in [-0.15, -0.1) is 0 Å². The van der Waals surface area contributed by atoms with E-state index in [2.05, 4.69) is 41.5 Å².